The van der Waals surface area contributed by atoms with Gasteiger partial charge in [0.15, 0.2) is 6.10 Å². The van der Waals surface area contributed by atoms with Crippen molar-refractivity contribution < 1.29 is 14.3 Å². The summed E-state index contributed by atoms with van der Waals surface area (Å²) < 4.78 is 11.2. The van der Waals surface area contributed by atoms with Crippen molar-refractivity contribution in [3.05, 3.63) is 59.1 Å². The van der Waals surface area contributed by atoms with Gasteiger partial charge in [-0.1, -0.05) is 42.8 Å². The van der Waals surface area contributed by atoms with Crippen LogP contribution >= 0.6 is 11.6 Å². The summed E-state index contributed by atoms with van der Waals surface area (Å²) in [6.45, 7) is 4.87. The van der Waals surface area contributed by atoms with Crippen LogP contribution in [0.3, 0.4) is 0 Å². The number of rotatable bonds is 8. The van der Waals surface area contributed by atoms with Crippen molar-refractivity contribution in [2.24, 2.45) is 0 Å². The van der Waals surface area contributed by atoms with Crippen LogP contribution in [0.2, 0.25) is 5.02 Å². The van der Waals surface area contributed by atoms with E-state index < -0.39 is 6.10 Å². The Morgan fingerprint density at radius 1 is 1.17 bits per heavy atom. The van der Waals surface area contributed by atoms with Crippen LogP contribution in [0, 0.1) is 0 Å². The highest BCUT2D eigenvalue weighted by molar-refractivity contribution is 6.32. The Kier molecular flexibility index (Phi) is 6.94. The van der Waals surface area contributed by atoms with Gasteiger partial charge in [0, 0.05) is 6.54 Å². The molecule has 0 saturated heterocycles. The predicted molar refractivity (Wildman–Crippen MR) is 95.6 cm³/mol. The van der Waals surface area contributed by atoms with E-state index >= 15 is 0 Å². The van der Waals surface area contributed by atoms with Crippen LogP contribution in [0.1, 0.15) is 25.8 Å². The Balaban J connectivity index is 1.94. The molecule has 2 rings (SSSR count). The first-order valence-electron chi connectivity index (χ1n) is 8.04. The van der Waals surface area contributed by atoms with Crippen molar-refractivity contribution >= 4 is 17.5 Å². The summed E-state index contributed by atoms with van der Waals surface area (Å²) in [6.07, 6.45) is -0.0317. The molecular weight excluding hydrogens is 326 g/mol. The second kappa shape index (κ2) is 9.18. The van der Waals surface area contributed by atoms with E-state index in [2.05, 4.69) is 5.32 Å². The number of benzene rings is 2. The molecule has 0 bridgehead atoms. The molecule has 4 nitrogen and oxygen atoms in total. The quantitative estimate of drug-likeness (QED) is 0.778. The fourth-order valence-corrected chi connectivity index (χ4v) is 2.41. The summed E-state index contributed by atoms with van der Waals surface area (Å²) in [5.74, 6) is 1.14. The van der Waals surface area contributed by atoms with Crippen LogP contribution in [0.25, 0.3) is 0 Å². The van der Waals surface area contributed by atoms with Gasteiger partial charge in [-0.2, -0.15) is 0 Å². The van der Waals surface area contributed by atoms with E-state index in [1.54, 1.807) is 12.1 Å². The van der Waals surface area contributed by atoms with Gasteiger partial charge in [0.25, 0.3) is 5.91 Å². The monoisotopic (exact) mass is 347 g/mol. The number of ether oxygens (including phenoxy) is 2. The fourth-order valence-electron chi connectivity index (χ4n) is 2.23. The topological polar surface area (TPSA) is 47.6 Å². The Bertz CT molecular complexity index is 675. The SMILES string of the molecule is CCOc1cccc(CNC(=O)[C@@H](CC)Oc2ccccc2Cl)c1. The van der Waals surface area contributed by atoms with Gasteiger partial charge in [0.1, 0.15) is 11.5 Å². The molecule has 1 amide bonds. The van der Waals surface area contributed by atoms with E-state index in [1.807, 2.05) is 50.2 Å². The fraction of sp³-hybridized carbons (Fsp3) is 0.316. The van der Waals surface area contributed by atoms with Gasteiger partial charge < -0.3 is 14.8 Å². The van der Waals surface area contributed by atoms with E-state index in [0.717, 1.165) is 11.3 Å². The average Bonchev–Trinajstić information content (AvgIpc) is 2.59. The number of para-hydroxylation sites is 1. The van der Waals surface area contributed by atoms with Crippen molar-refractivity contribution in [3.63, 3.8) is 0 Å². The maximum absolute atomic E-state index is 12.4. The molecule has 0 heterocycles. The van der Waals surface area contributed by atoms with E-state index in [1.165, 1.54) is 0 Å². The maximum Gasteiger partial charge on any atom is 0.261 e. The lowest BCUT2D eigenvalue weighted by molar-refractivity contribution is -0.128. The first-order valence-corrected chi connectivity index (χ1v) is 8.42. The largest absolute Gasteiger partial charge is 0.494 e. The zero-order valence-electron chi connectivity index (χ0n) is 13.9. The highest BCUT2D eigenvalue weighted by atomic mass is 35.5. The van der Waals surface area contributed by atoms with E-state index in [9.17, 15) is 4.79 Å². The van der Waals surface area contributed by atoms with Crippen LogP contribution < -0.4 is 14.8 Å². The molecule has 5 heteroatoms. The molecule has 0 aromatic heterocycles. The Labute approximate surface area is 147 Å². The second-order valence-electron chi connectivity index (χ2n) is 5.24. The third kappa shape index (κ3) is 5.17. The van der Waals surface area contributed by atoms with Crippen LogP contribution in [-0.2, 0) is 11.3 Å². The van der Waals surface area contributed by atoms with Gasteiger partial charge in [-0.15, -0.1) is 0 Å². The van der Waals surface area contributed by atoms with Crippen LogP contribution in [0.15, 0.2) is 48.5 Å². The number of nitrogens with one attached hydrogen (secondary N) is 1. The minimum atomic E-state index is -0.583. The lowest BCUT2D eigenvalue weighted by Crippen LogP contribution is -2.37. The molecule has 0 aliphatic carbocycles. The van der Waals surface area contributed by atoms with Gasteiger partial charge in [-0.05, 0) is 43.2 Å². The summed E-state index contributed by atoms with van der Waals surface area (Å²) in [6, 6.07) is 14.8. The predicted octanol–water partition coefficient (Wildman–Crippen LogP) is 4.21. The molecule has 2 aromatic rings. The summed E-state index contributed by atoms with van der Waals surface area (Å²) >= 11 is 6.08. The first kappa shape index (κ1) is 18.1. The molecule has 0 aliphatic rings. The number of carbonyl (C=O) groups excluding carboxylic acids is 1. The summed E-state index contributed by atoms with van der Waals surface area (Å²) in [5.41, 5.74) is 0.974. The Morgan fingerprint density at radius 2 is 1.96 bits per heavy atom. The third-order valence-electron chi connectivity index (χ3n) is 3.45. The molecule has 0 radical (unpaired) electrons. The normalized spacial score (nSPS) is 11.6. The molecule has 0 spiro atoms. The van der Waals surface area contributed by atoms with E-state index in [-0.39, 0.29) is 5.91 Å². The number of hydrogen-bond donors (Lipinski definition) is 1. The molecule has 1 atom stereocenters. The number of hydrogen-bond acceptors (Lipinski definition) is 3. The molecule has 0 saturated carbocycles. The third-order valence-corrected chi connectivity index (χ3v) is 3.76. The minimum absolute atomic E-state index is 0.167. The standard InChI is InChI=1S/C19H22ClNO3/c1-3-17(24-18-11-6-5-10-16(18)20)19(22)21-13-14-8-7-9-15(12-14)23-4-2/h5-12,17H,3-4,13H2,1-2H3,(H,21,22)/t17-/m1/s1. The lowest BCUT2D eigenvalue weighted by atomic mass is 10.2. The molecule has 24 heavy (non-hydrogen) atoms. The lowest BCUT2D eigenvalue weighted by Gasteiger charge is -2.18. The first-order chi connectivity index (χ1) is 11.6. The zero-order chi connectivity index (χ0) is 17.4. The summed E-state index contributed by atoms with van der Waals surface area (Å²) in [5, 5.41) is 3.39. The number of halogens is 1. The van der Waals surface area contributed by atoms with Gasteiger partial charge in [-0.25, -0.2) is 0 Å². The molecule has 0 aliphatic heterocycles. The Morgan fingerprint density at radius 3 is 2.67 bits per heavy atom. The number of carbonyl (C=O) groups is 1. The van der Waals surface area contributed by atoms with Crippen molar-refractivity contribution in [2.75, 3.05) is 6.61 Å². The zero-order valence-corrected chi connectivity index (χ0v) is 14.7. The van der Waals surface area contributed by atoms with Crippen LogP contribution in [0.5, 0.6) is 11.5 Å². The van der Waals surface area contributed by atoms with E-state index in [4.69, 9.17) is 21.1 Å². The molecule has 0 unspecified atom stereocenters. The van der Waals surface area contributed by atoms with E-state index in [0.29, 0.717) is 30.3 Å². The van der Waals surface area contributed by atoms with Crippen molar-refractivity contribution in [2.45, 2.75) is 32.9 Å². The maximum atomic E-state index is 12.4. The smallest absolute Gasteiger partial charge is 0.261 e. The van der Waals surface area contributed by atoms with Gasteiger partial charge in [0.2, 0.25) is 0 Å². The minimum Gasteiger partial charge on any atom is -0.494 e. The highest BCUT2D eigenvalue weighted by Crippen LogP contribution is 2.24. The highest BCUT2D eigenvalue weighted by Gasteiger charge is 2.19. The number of amides is 1. The molecule has 128 valence electrons. The van der Waals surface area contributed by atoms with Gasteiger partial charge in [0.05, 0.1) is 11.6 Å². The molecule has 1 N–H and O–H groups in total. The summed E-state index contributed by atoms with van der Waals surface area (Å²) in [4.78, 5) is 12.4. The summed E-state index contributed by atoms with van der Waals surface area (Å²) in [7, 11) is 0. The van der Waals surface area contributed by atoms with Crippen LogP contribution in [-0.4, -0.2) is 18.6 Å². The van der Waals surface area contributed by atoms with Gasteiger partial charge in [-0.3, -0.25) is 4.79 Å². The van der Waals surface area contributed by atoms with Crippen molar-refractivity contribution in [3.8, 4) is 11.5 Å². The second-order valence-corrected chi connectivity index (χ2v) is 5.65. The van der Waals surface area contributed by atoms with Crippen molar-refractivity contribution in [1.82, 2.24) is 5.32 Å². The van der Waals surface area contributed by atoms with Gasteiger partial charge >= 0.3 is 0 Å². The molecule has 2 aromatic carbocycles. The van der Waals surface area contributed by atoms with Crippen molar-refractivity contribution in [1.29, 1.82) is 0 Å². The molecular formula is C19H22ClNO3. The average molecular weight is 348 g/mol. The molecule has 0 fully saturated rings. The van der Waals surface area contributed by atoms with Crippen LogP contribution in [0.4, 0.5) is 0 Å². The Hall–Kier alpha value is -2.20.